The zero-order chi connectivity index (χ0) is 19.8. The number of methoxy groups -OCH3 is 1. The first-order valence-electron chi connectivity index (χ1n) is 8.72. The number of ether oxygens (including phenoxy) is 2. The van der Waals surface area contributed by atoms with Crippen LogP contribution < -0.4 is 4.74 Å². The van der Waals surface area contributed by atoms with E-state index in [1.54, 1.807) is 17.0 Å². The van der Waals surface area contributed by atoms with Crippen molar-refractivity contribution in [3.05, 3.63) is 52.4 Å². The molecule has 2 aromatic rings. The molecule has 0 spiro atoms. The van der Waals surface area contributed by atoms with Crippen LogP contribution in [0.15, 0.2) is 45.3 Å². The van der Waals surface area contributed by atoms with Crippen molar-refractivity contribution < 1.29 is 23.5 Å². The quantitative estimate of drug-likeness (QED) is 0.547. The monoisotopic (exact) mass is 437 g/mol. The van der Waals surface area contributed by atoms with E-state index in [0.717, 1.165) is 4.47 Å². The van der Waals surface area contributed by atoms with E-state index in [-0.39, 0.29) is 43.1 Å². The number of rotatable bonds is 9. The first kappa shape index (κ1) is 21.0. The Balaban J connectivity index is 1.99. The van der Waals surface area contributed by atoms with E-state index in [0.29, 0.717) is 18.1 Å². The van der Waals surface area contributed by atoms with Crippen LogP contribution >= 0.6 is 15.9 Å². The number of hydrogen-bond donors (Lipinski definition) is 0. The molecule has 1 amide bonds. The predicted molar refractivity (Wildman–Crippen MR) is 105 cm³/mol. The molecule has 7 heteroatoms. The molecule has 27 heavy (non-hydrogen) atoms. The zero-order valence-corrected chi connectivity index (χ0v) is 17.3. The maximum absolute atomic E-state index is 12.7. The van der Waals surface area contributed by atoms with Crippen LogP contribution in [0.3, 0.4) is 0 Å². The summed E-state index contributed by atoms with van der Waals surface area (Å²) >= 11 is 3.37. The third-order valence-electron chi connectivity index (χ3n) is 3.75. The van der Waals surface area contributed by atoms with Crippen molar-refractivity contribution in [3.8, 4) is 5.75 Å². The Labute approximate surface area is 167 Å². The van der Waals surface area contributed by atoms with E-state index in [2.05, 4.69) is 20.7 Å². The van der Waals surface area contributed by atoms with Gasteiger partial charge in [-0.3, -0.25) is 9.59 Å². The van der Waals surface area contributed by atoms with Crippen molar-refractivity contribution in [2.45, 2.75) is 26.9 Å². The molecule has 0 unspecified atom stereocenters. The second-order valence-electron chi connectivity index (χ2n) is 6.48. The summed E-state index contributed by atoms with van der Waals surface area (Å²) in [6.07, 6.45) is 0.148. The number of furan rings is 1. The fourth-order valence-electron chi connectivity index (χ4n) is 2.46. The third kappa shape index (κ3) is 6.75. The van der Waals surface area contributed by atoms with Gasteiger partial charge in [-0.25, -0.2) is 0 Å². The van der Waals surface area contributed by atoms with Crippen LogP contribution in [0.25, 0.3) is 0 Å². The molecule has 6 nitrogen and oxygen atoms in total. The number of halogens is 1. The summed E-state index contributed by atoms with van der Waals surface area (Å²) in [7, 11) is 1.33. The van der Waals surface area contributed by atoms with Crippen LogP contribution in [0, 0.1) is 5.92 Å². The molecule has 0 aliphatic heterocycles. The summed E-state index contributed by atoms with van der Waals surface area (Å²) in [5.74, 6) is 1.17. The summed E-state index contributed by atoms with van der Waals surface area (Å²) in [5.41, 5.74) is 0. The van der Waals surface area contributed by atoms with E-state index in [9.17, 15) is 9.59 Å². The largest absolute Gasteiger partial charge is 0.486 e. The maximum atomic E-state index is 12.7. The lowest BCUT2D eigenvalue weighted by Crippen LogP contribution is -2.35. The number of amides is 1. The van der Waals surface area contributed by atoms with Gasteiger partial charge in [-0.2, -0.15) is 0 Å². The molecule has 1 heterocycles. The molecule has 0 saturated carbocycles. The fourth-order valence-corrected chi connectivity index (χ4v) is 2.72. The van der Waals surface area contributed by atoms with Gasteiger partial charge in [0.05, 0.1) is 13.5 Å². The molecule has 0 aliphatic carbocycles. The summed E-state index contributed by atoms with van der Waals surface area (Å²) in [6, 6.07) is 10.8. The van der Waals surface area contributed by atoms with Crippen LogP contribution in [0.5, 0.6) is 5.75 Å². The van der Waals surface area contributed by atoms with Crippen molar-refractivity contribution in [1.82, 2.24) is 4.90 Å². The molecule has 2 rings (SSSR count). The van der Waals surface area contributed by atoms with Gasteiger partial charge in [0, 0.05) is 17.6 Å². The standard InChI is InChI=1S/C20H24BrNO5/c1-14(2)12-22(11-10-19(23)25-3)20(24)18-9-8-17(27-18)13-26-16-6-4-15(21)5-7-16/h4-9,14H,10-13H2,1-3H3. The zero-order valence-electron chi connectivity index (χ0n) is 15.7. The molecular formula is C20H24BrNO5. The van der Waals surface area contributed by atoms with E-state index >= 15 is 0 Å². The lowest BCUT2D eigenvalue weighted by molar-refractivity contribution is -0.140. The van der Waals surface area contributed by atoms with Crippen LogP contribution in [-0.2, 0) is 16.1 Å². The molecule has 1 aromatic heterocycles. The number of esters is 1. The second-order valence-corrected chi connectivity index (χ2v) is 7.40. The molecule has 0 saturated heterocycles. The van der Waals surface area contributed by atoms with Crippen molar-refractivity contribution in [2.75, 3.05) is 20.2 Å². The predicted octanol–water partition coefficient (Wildman–Crippen LogP) is 4.28. The summed E-state index contributed by atoms with van der Waals surface area (Å²) in [4.78, 5) is 25.8. The summed E-state index contributed by atoms with van der Waals surface area (Å²) < 4.78 is 16.9. The van der Waals surface area contributed by atoms with Gasteiger partial charge < -0.3 is 18.8 Å². The average Bonchev–Trinajstić information content (AvgIpc) is 3.12. The van der Waals surface area contributed by atoms with Gasteiger partial charge in [-0.15, -0.1) is 0 Å². The molecular weight excluding hydrogens is 414 g/mol. The number of carbonyl (C=O) groups excluding carboxylic acids is 2. The smallest absolute Gasteiger partial charge is 0.307 e. The second kappa shape index (κ2) is 10.2. The Kier molecular flexibility index (Phi) is 7.91. The van der Waals surface area contributed by atoms with Crippen molar-refractivity contribution in [2.24, 2.45) is 5.92 Å². The van der Waals surface area contributed by atoms with E-state index in [1.165, 1.54) is 7.11 Å². The maximum Gasteiger partial charge on any atom is 0.307 e. The van der Waals surface area contributed by atoms with Crippen molar-refractivity contribution in [3.63, 3.8) is 0 Å². The average molecular weight is 438 g/mol. The van der Waals surface area contributed by atoms with Gasteiger partial charge in [0.1, 0.15) is 18.1 Å². The Hall–Kier alpha value is -2.28. The molecule has 1 aromatic carbocycles. The topological polar surface area (TPSA) is 69.0 Å². The molecule has 0 bridgehead atoms. The molecule has 0 atom stereocenters. The molecule has 0 radical (unpaired) electrons. The molecule has 0 N–H and O–H groups in total. The van der Waals surface area contributed by atoms with Gasteiger partial charge >= 0.3 is 5.97 Å². The van der Waals surface area contributed by atoms with Gasteiger partial charge in [0.2, 0.25) is 0 Å². The number of carbonyl (C=O) groups is 2. The number of nitrogens with zero attached hydrogens (tertiary/aromatic N) is 1. The molecule has 146 valence electrons. The first-order valence-corrected chi connectivity index (χ1v) is 9.51. The minimum Gasteiger partial charge on any atom is -0.486 e. The SMILES string of the molecule is COC(=O)CCN(CC(C)C)C(=O)c1ccc(COc2ccc(Br)cc2)o1. The van der Waals surface area contributed by atoms with Crippen LogP contribution in [0.1, 0.15) is 36.6 Å². The van der Waals surface area contributed by atoms with Gasteiger partial charge in [-0.05, 0) is 42.3 Å². The van der Waals surface area contributed by atoms with E-state index in [1.807, 2.05) is 38.1 Å². The van der Waals surface area contributed by atoms with Crippen LogP contribution in [0.2, 0.25) is 0 Å². The Morgan fingerprint density at radius 3 is 2.48 bits per heavy atom. The normalized spacial score (nSPS) is 10.7. The number of hydrogen-bond acceptors (Lipinski definition) is 5. The molecule has 0 aliphatic rings. The number of benzene rings is 1. The van der Waals surface area contributed by atoms with Gasteiger partial charge in [0.25, 0.3) is 5.91 Å². The van der Waals surface area contributed by atoms with E-state index < -0.39 is 0 Å². The highest BCUT2D eigenvalue weighted by Gasteiger charge is 2.21. The van der Waals surface area contributed by atoms with Gasteiger partial charge in [-0.1, -0.05) is 29.8 Å². The highest BCUT2D eigenvalue weighted by atomic mass is 79.9. The Morgan fingerprint density at radius 1 is 1.15 bits per heavy atom. The highest BCUT2D eigenvalue weighted by molar-refractivity contribution is 9.10. The summed E-state index contributed by atoms with van der Waals surface area (Å²) in [5, 5.41) is 0. The Morgan fingerprint density at radius 2 is 1.85 bits per heavy atom. The summed E-state index contributed by atoms with van der Waals surface area (Å²) in [6.45, 7) is 5.06. The van der Waals surface area contributed by atoms with Crippen LogP contribution in [0.4, 0.5) is 0 Å². The third-order valence-corrected chi connectivity index (χ3v) is 4.28. The Bertz CT molecular complexity index is 754. The van der Waals surface area contributed by atoms with E-state index in [4.69, 9.17) is 9.15 Å². The van der Waals surface area contributed by atoms with Crippen LogP contribution in [-0.4, -0.2) is 37.0 Å². The van der Waals surface area contributed by atoms with Gasteiger partial charge in [0.15, 0.2) is 5.76 Å². The first-order chi connectivity index (χ1) is 12.9. The minimum atomic E-state index is -0.348. The lowest BCUT2D eigenvalue weighted by Gasteiger charge is -2.23. The lowest BCUT2D eigenvalue weighted by atomic mass is 10.2. The fraction of sp³-hybridized carbons (Fsp3) is 0.400. The minimum absolute atomic E-state index is 0.148. The van der Waals surface area contributed by atoms with Crippen molar-refractivity contribution >= 4 is 27.8 Å². The molecule has 0 fully saturated rings. The highest BCUT2D eigenvalue weighted by Crippen LogP contribution is 2.19. The van der Waals surface area contributed by atoms with Crippen molar-refractivity contribution in [1.29, 1.82) is 0 Å².